The zero-order valence-corrected chi connectivity index (χ0v) is 8.48. The lowest BCUT2D eigenvalue weighted by atomic mass is 10.2. The molecule has 4 nitrogen and oxygen atoms in total. The molecule has 0 N–H and O–H groups in total. The van der Waals surface area contributed by atoms with Gasteiger partial charge in [-0.3, -0.25) is 4.79 Å². The van der Waals surface area contributed by atoms with Gasteiger partial charge in [-0.05, 0) is 24.3 Å². The van der Waals surface area contributed by atoms with Crippen LogP contribution in [0, 0.1) is 4.91 Å². The van der Waals surface area contributed by atoms with Gasteiger partial charge in [0.2, 0.25) is 0 Å². The Kier molecular flexibility index (Phi) is 3.13. The number of carbonyl (C=O) groups is 1. The third kappa shape index (κ3) is 2.35. The van der Waals surface area contributed by atoms with Crippen LogP contribution in [0.1, 0.15) is 10.4 Å². The molecule has 0 bridgehead atoms. The van der Waals surface area contributed by atoms with Crippen LogP contribution < -0.4 is 0 Å². The molecule has 0 spiro atoms. The summed E-state index contributed by atoms with van der Waals surface area (Å²) < 4.78 is 0.880. The molecule has 0 atom stereocenters. The Morgan fingerprint density at radius 1 is 1.38 bits per heavy atom. The molecular weight excluding hydrogens is 236 g/mol. The molecule has 1 aromatic carbocycles. The lowest BCUT2D eigenvalue weighted by molar-refractivity contribution is 0.0797. The van der Waals surface area contributed by atoms with Crippen LogP contribution in [-0.2, 0) is 0 Å². The molecule has 13 heavy (non-hydrogen) atoms. The van der Waals surface area contributed by atoms with Gasteiger partial charge < -0.3 is 0 Å². The van der Waals surface area contributed by atoms with Crippen LogP contribution in [-0.4, -0.2) is 18.0 Å². The summed E-state index contributed by atoms with van der Waals surface area (Å²) in [5, 5.41) is 3.26. The third-order valence-corrected chi connectivity index (χ3v) is 2.04. The zero-order chi connectivity index (χ0) is 9.84. The van der Waals surface area contributed by atoms with Gasteiger partial charge in [0.05, 0.1) is 5.29 Å². The topological polar surface area (TPSA) is 49.7 Å². The monoisotopic (exact) mass is 242 g/mol. The van der Waals surface area contributed by atoms with Crippen molar-refractivity contribution in [3.63, 3.8) is 0 Å². The van der Waals surface area contributed by atoms with E-state index < -0.39 is 5.91 Å². The summed E-state index contributed by atoms with van der Waals surface area (Å²) in [6, 6.07) is 6.69. The highest BCUT2D eigenvalue weighted by Gasteiger charge is 2.10. The van der Waals surface area contributed by atoms with E-state index in [9.17, 15) is 9.70 Å². The number of rotatable bonds is 2. The quantitative estimate of drug-likeness (QED) is 0.590. The molecule has 0 aliphatic rings. The van der Waals surface area contributed by atoms with E-state index in [0.717, 1.165) is 9.48 Å². The predicted octanol–water partition coefficient (Wildman–Crippen LogP) is 2.20. The SMILES string of the molecule is CN(N=O)C(=O)c1ccc(Br)cc1. The molecule has 0 fully saturated rings. The van der Waals surface area contributed by atoms with Gasteiger partial charge in [0.1, 0.15) is 0 Å². The Hall–Kier alpha value is -1.23. The van der Waals surface area contributed by atoms with E-state index in [2.05, 4.69) is 21.2 Å². The molecule has 1 amide bonds. The van der Waals surface area contributed by atoms with Gasteiger partial charge in [-0.15, -0.1) is 4.91 Å². The van der Waals surface area contributed by atoms with Crippen LogP contribution in [0.25, 0.3) is 0 Å². The molecule has 1 aromatic rings. The standard InChI is InChI=1S/C8H7BrN2O2/c1-11(10-13)8(12)6-2-4-7(9)5-3-6/h2-5H,1H3. The van der Waals surface area contributed by atoms with E-state index >= 15 is 0 Å². The van der Waals surface area contributed by atoms with Crippen LogP contribution in [0.5, 0.6) is 0 Å². The molecule has 1 rings (SSSR count). The fourth-order valence-electron chi connectivity index (χ4n) is 0.816. The number of amides is 1. The largest absolute Gasteiger partial charge is 0.276 e. The van der Waals surface area contributed by atoms with Crippen LogP contribution in [0.15, 0.2) is 34.0 Å². The first-order valence-corrected chi connectivity index (χ1v) is 4.31. The summed E-state index contributed by atoms with van der Waals surface area (Å²) in [6.45, 7) is 0. The minimum Gasteiger partial charge on any atom is -0.267 e. The second kappa shape index (κ2) is 4.13. The molecule has 68 valence electrons. The van der Waals surface area contributed by atoms with Crippen molar-refractivity contribution < 1.29 is 4.79 Å². The Morgan fingerprint density at radius 2 is 1.92 bits per heavy atom. The summed E-state index contributed by atoms with van der Waals surface area (Å²) in [7, 11) is 1.32. The number of nitrogens with zero attached hydrogens (tertiary/aromatic N) is 2. The Balaban J connectivity index is 2.89. The normalized spacial score (nSPS) is 9.38. The van der Waals surface area contributed by atoms with Gasteiger partial charge in [-0.1, -0.05) is 15.9 Å². The molecule has 0 heterocycles. The van der Waals surface area contributed by atoms with Gasteiger partial charge in [-0.25, -0.2) is 0 Å². The summed E-state index contributed by atoms with van der Waals surface area (Å²) in [4.78, 5) is 21.3. The maximum absolute atomic E-state index is 11.3. The van der Waals surface area contributed by atoms with Crippen molar-refractivity contribution in [2.24, 2.45) is 5.29 Å². The van der Waals surface area contributed by atoms with Crippen molar-refractivity contribution in [2.75, 3.05) is 7.05 Å². The van der Waals surface area contributed by atoms with Crippen molar-refractivity contribution in [1.82, 2.24) is 5.01 Å². The highest BCUT2D eigenvalue weighted by molar-refractivity contribution is 9.10. The van der Waals surface area contributed by atoms with Crippen LogP contribution >= 0.6 is 15.9 Å². The van der Waals surface area contributed by atoms with Crippen LogP contribution in [0.3, 0.4) is 0 Å². The molecule has 0 aromatic heterocycles. The van der Waals surface area contributed by atoms with E-state index in [1.807, 2.05) is 0 Å². The fraction of sp³-hybridized carbons (Fsp3) is 0.125. The molecule has 5 heteroatoms. The van der Waals surface area contributed by atoms with E-state index in [-0.39, 0.29) is 0 Å². The summed E-state index contributed by atoms with van der Waals surface area (Å²) in [6.07, 6.45) is 0. The fourth-order valence-corrected chi connectivity index (χ4v) is 1.08. The van der Waals surface area contributed by atoms with Crippen molar-refractivity contribution >= 4 is 21.8 Å². The first-order chi connectivity index (χ1) is 6.15. The second-order valence-electron chi connectivity index (χ2n) is 2.42. The average Bonchev–Trinajstić information content (AvgIpc) is 2.17. The number of hydrogen-bond donors (Lipinski definition) is 0. The number of hydrogen-bond acceptors (Lipinski definition) is 3. The molecule has 0 saturated carbocycles. The van der Waals surface area contributed by atoms with E-state index in [0.29, 0.717) is 5.56 Å². The number of benzene rings is 1. The second-order valence-corrected chi connectivity index (χ2v) is 3.33. The summed E-state index contributed by atoms with van der Waals surface area (Å²) >= 11 is 3.24. The van der Waals surface area contributed by atoms with Crippen molar-refractivity contribution in [3.05, 3.63) is 39.2 Å². The van der Waals surface area contributed by atoms with Gasteiger partial charge in [0.25, 0.3) is 5.91 Å². The number of halogens is 1. The Bertz CT molecular complexity index is 323. The van der Waals surface area contributed by atoms with Gasteiger partial charge in [0.15, 0.2) is 0 Å². The van der Waals surface area contributed by atoms with Crippen molar-refractivity contribution in [1.29, 1.82) is 0 Å². The minimum absolute atomic E-state index is 0.414. The first kappa shape index (κ1) is 9.85. The van der Waals surface area contributed by atoms with Crippen molar-refractivity contribution in [3.8, 4) is 0 Å². The predicted molar refractivity (Wildman–Crippen MR) is 52.0 cm³/mol. The average molecular weight is 243 g/mol. The molecule has 0 aliphatic carbocycles. The highest BCUT2D eigenvalue weighted by Crippen LogP contribution is 2.11. The third-order valence-electron chi connectivity index (χ3n) is 1.51. The lowest BCUT2D eigenvalue weighted by Gasteiger charge is -2.05. The van der Waals surface area contributed by atoms with E-state index in [1.165, 1.54) is 7.05 Å². The Morgan fingerprint density at radius 3 is 2.38 bits per heavy atom. The number of nitroso groups, excluding NO2 is 1. The molecular formula is C8H7BrN2O2. The molecule has 0 saturated heterocycles. The molecule has 0 unspecified atom stereocenters. The van der Waals surface area contributed by atoms with Gasteiger partial charge in [-0.2, -0.15) is 5.01 Å². The zero-order valence-electron chi connectivity index (χ0n) is 6.90. The maximum Gasteiger partial charge on any atom is 0.276 e. The number of carbonyl (C=O) groups excluding carboxylic acids is 1. The van der Waals surface area contributed by atoms with Crippen LogP contribution in [0.4, 0.5) is 0 Å². The summed E-state index contributed by atoms with van der Waals surface area (Å²) in [5.74, 6) is -0.414. The molecule has 0 aliphatic heterocycles. The lowest BCUT2D eigenvalue weighted by Crippen LogP contribution is -2.20. The Labute approximate surface area is 83.6 Å². The first-order valence-electron chi connectivity index (χ1n) is 3.52. The van der Waals surface area contributed by atoms with E-state index in [1.54, 1.807) is 24.3 Å². The van der Waals surface area contributed by atoms with Gasteiger partial charge >= 0.3 is 0 Å². The van der Waals surface area contributed by atoms with Crippen LogP contribution in [0.2, 0.25) is 0 Å². The van der Waals surface area contributed by atoms with Crippen molar-refractivity contribution in [2.45, 2.75) is 0 Å². The maximum atomic E-state index is 11.3. The van der Waals surface area contributed by atoms with E-state index in [4.69, 9.17) is 0 Å². The smallest absolute Gasteiger partial charge is 0.267 e. The summed E-state index contributed by atoms with van der Waals surface area (Å²) in [5.41, 5.74) is 0.435. The molecule has 0 radical (unpaired) electrons. The van der Waals surface area contributed by atoms with Gasteiger partial charge in [0, 0.05) is 17.1 Å². The highest BCUT2D eigenvalue weighted by atomic mass is 79.9. The minimum atomic E-state index is -0.414.